The van der Waals surface area contributed by atoms with E-state index in [-0.39, 0.29) is 0 Å². The van der Waals surface area contributed by atoms with Gasteiger partial charge in [0.05, 0.1) is 16.7 Å². The van der Waals surface area contributed by atoms with E-state index in [2.05, 4.69) is 150 Å². The minimum Gasteiger partial charge on any atom is -0.309 e. The summed E-state index contributed by atoms with van der Waals surface area (Å²) >= 11 is 0. The van der Waals surface area contributed by atoms with Crippen molar-refractivity contribution in [3.8, 4) is 73.2 Å². The van der Waals surface area contributed by atoms with E-state index < -0.39 is 0 Å². The third-order valence-electron chi connectivity index (χ3n) is 10.3. The van der Waals surface area contributed by atoms with Crippen molar-refractivity contribution in [1.29, 1.82) is 0 Å². The fourth-order valence-electron chi connectivity index (χ4n) is 7.66. The molecule has 2 heterocycles. The molecule has 0 aliphatic carbocycles. The van der Waals surface area contributed by atoms with Gasteiger partial charge >= 0.3 is 0 Å². The van der Waals surface area contributed by atoms with E-state index >= 15 is 0 Å². The van der Waals surface area contributed by atoms with Gasteiger partial charge in [0.25, 0.3) is 0 Å². The topological polar surface area (TPSA) is 43.6 Å². The Kier molecular flexibility index (Phi) is 8.12. The fourth-order valence-corrected chi connectivity index (χ4v) is 7.66. The summed E-state index contributed by atoms with van der Waals surface area (Å²) in [4.78, 5) is 15.1. The molecule has 0 unspecified atom stereocenters. The van der Waals surface area contributed by atoms with Crippen molar-refractivity contribution in [2.45, 2.75) is 0 Å². The minimum atomic E-state index is 0.624. The first-order valence-corrected chi connectivity index (χ1v) is 18.5. The lowest BCUT2D eigenvalue weighted by Gasteiger charge is -2.17. The summed E-state index contributed by atoms with van der Waals surface area (Å²) in [7, 11) is 0. The monoisotopic (exact) mass is 702 g/mol. The van der Waals surface area contributed by atoms with Crippen LogP contribution in [-0.4, -0.2) is 19.5 Å². The van der Waals surface area contributed by atoms with Crippen molar-refractivity contribution in [2.75, 3.05) is 0 Å². The van der Waals surface area contributed by atoms with E-state index in [4.69, 9.17) is 15.0 Å². The highest BCUT2D eigenvalue weighted by molar-refractivity contribution is 6.11. The molecule has 0 saturated heterocycles. The van der Waals surface area contributed by atoms with E-state index in [0.29, 0.717) is 17.5 Å². The first-order valence-electron chi connectivity index (χ1n) is 18.5. The lowest BCUT2D eigenvalue weighted by molar-refractivity contribution is 1.07. The second-order valence-corrected chi connectivity index (χ2v) is 13.6. The summed E-state index contributed by atoms with van der Waals surface area (Å²) in [6.07, 6.45) is 0. The highest BCUT2D eigenvalue weighted by atomic mass is 15.0. The minimum absolute atomic E-state index is 0.624. The molecule has 8 aromatic carbocycles. The Hall–Kier alpha value is -7.43. The molecule has 10 aromatic rings. The molecule has 0 aliphatic rings. The number of aromatic nitrogens is 4. The maximum atomic E-state index is 5.08. The van der Waals surface area contributed by atoms with Gasteiger partial charge in [-0.3, -0.25) is 0 Å². The molecule has 0 saturated carbocycles. The molecule has 0 fully saturated rings. The molecular weight excluding hydrogens is 669 g/mol. The molecule has 0 spiro atoms. The maximum Gasteiger partial charge on any atom is 0.164 e. The van der Waals surface area contributed by atoms with E-state index in [0.717, 1.165) is 44.5 Å². The number of hydrogen-bond acceptors (Lipinski definition) is 3. The van der Waals surface area contributed by atoms with Crippen LogP contribution in [0.1, 0.15) is 0 Å². The molecule has 0 aliphatic heterocycles. The van der Waals surface area contributed by atoms with E-state index in [1.54, 1.807) is 0 Å². The van der Waals surface area contributed by atoms with Gasteiger partial charge in [0.1, 0.15) is 0 Å². The molecule has 0 radical (unpaired) electrons. The van der Waals surface area contributed by atoms with Crippen molar-refractivity contribution in [3.05, 3.63) is 206 Å². The number of nitrogens with zero attached hydrogens (tertiary/aromatic N) is 4. The molecule has 55 heavy (non-hydrogen) atoms. The summed E-state index contributed by atoms with van der Waals surface area (Å²) in [5.74, 6) is 1.90. The van der Waals surface area contributed by atoms with Crippen LogP contribution in [0.5, 0.6) is 0 Å². The second-order valence-electron chi connectivity index (χ2n) is 13.6. The third kappa shape index (κ3) is 5.96. The number of hydrogen-bond donors (Lipinski definition) is 0. The van der Waals surface area contributed by atoms with Gasteiger partial charge in [0.15, 0.2) is 17.5 Å². The zero-order valence-electron chi connectivity index (χ0n) is 29.9. The molecule has 2 aromatic heterocycles. The zero-order chi connectivity index (χ0) is 36.6. The van der Waals surface area contributed by atoms with Crippen LogP contribution in [0.4, 0.5) is 0 Å². The van der Waals surface area contributed by atoms with Crippen LogP contribution in [0.3, 0.4) is 0 Å². The number of rotatable bonds is 7. The Labute approximate surface area is 319 Å². The Morgan fingerprint density at radius 1 is 0.273 bits per heavy atom. The molecule has 10 rings (SSSR count). The summed E-state index contributed by atoms with van der Waals surface area (Å²) in [5, 5.41) is 2.41. The van der Waals surface area contributed by atoms with Crippen molar-refractivity contribution >= 4 is 21.8 Å². The van der Waals surface area contributed by atoms with Crippen LogP contribution in [0.25, 0.3) is 95.0 Å². The van der Waals surface area contributed by atoms with Crippen molar-refractivity contribution < 1.29 is 0 Å². The average Bonchev–Trinajstić information content (AvgIpc) is 3.60. The Morgan fingerprint density at radius 3 is 1.31 bits per heavy atom. The Balaban J connectivity index is 1.20. The quantitative estimate of drug-likeness (QED) is 0.166. The number of fused-ring (bicyclic) bond motifs is 3. The lowest BCUT2D eigenvalue weighted by atomic mass is 9.94. The highest BCUT2D eigenvalue weighted by Crippen LogP contribution is 2.41. The van der Waals surface area contributed by atoms with Crippen LogP contribution >= 0.6 is 0 Å². The molecule has 4 heteroatoms. The first-order chi connectivity index (χ1) is 27.3. The van der Waals surface area contributed by atoms with Crippen LogP contribution in [-0.2, 0) is 0 Å². The summed E-state index contributed by atoms with van der Waals surface area (Å²) < 4.78 is 2.42. The van der Waals surface area contributed by atoms with Gasteiger partial charge in [-0.25, -0.2) is 15.0 Å². The van der Waals surface area contributed by atoms with Crippen LogP contribution in [0.15, 0.2) is 206 Å². The van der Waals surface area contributed by atoms with E-state index in [9.17, 15) is 0 Å². The normalized spacial score (nSPS) is 11.3. The second kappa shape index (κ2) is 13.8. The number of para-hydroxylation sites is 1. The maximum absolute atomic E-state index is 5.08. The van der Waals surface area contributed by atoms with Gasteiger partial charge in [0.2, 0.25) is 0 Å². The van der Waals surface area contributed by atoms with Gasteiger partial charge in [-0.1, -0.05) is 176 Å². The van der Waals surface area contributed by atoms with Crippen molar-refractivity contribution in [2.24, 2.45) is 0 Å². The molecule has 0 bridgehead atoms. The van der Waals surface area contributed by atoms with Crippen LogP contribution < -0.4 is 0 Å². The molecule has 0 amide bonds. The highest BCUT2D eigenvalue weighted by Gasteiger charge is 2.20. The zero-order valence-corrected chi connectivity index (χ0v) is 29.9. The van der Waals surface area contributed by atoms with E-state index in [1.165, 1.54) is 33.0 Å². The van der Waals surface area contributed by atoms with Gasteiger partial charge in [0, 0.05) is 33.0 Å². The first kappa shape index (κ1) is 32.2. The van der Waals surface area contributed by atoms with Gasteiger partial charge in [-0.05, 0) is 58.1 Å². The largest absolute Gasteiger partial charge is 0.309 e. The Bertz CT molecular complexity index is 2900. The smallest absolute Gasteiger partial charge is 0.164 e. The Morgan fingerprint density at radius 2 is 0.709 bits per heavy atom. The van der Waals surface area contributed by atoms with Crippen LogP contribution in [0, 0.1) is 0 Å². The van der Waals surface area contributed by atoms with Gasteiger partial charge in [-0.15, -0.1) is 0 Å². The van der Waals surface area contributed by atoms with Gasteiger partial charge in [-0.2, -0.15) is 0 Å². The summed E-state index contributed by atoms with van der Waals surface area (Å²) in [6.45, 7) is 0. The predicted octanol–water partition coefficient (Wildman–Crippen LogP) is 13.0. The van der Waals surface area contributed by atoms with Crippen LogP contribution in [0.2, 0.25) is 0 Å². The molecule has 0 atom stereocenters. The van der Waals surface area contributed by atoms with Crippen molar-refractivity contribution in [1.82, 2.24) is 19.5 Å². The fraction of sp³-hybridized carbons (Fsp3) is 0. The molecule has 4 nitrogen and oxygen atoms in total. The molecule has 258 valence electrons. The standard InChI is InChI=1S/C51H34N4/c1-5-17-35(18-6-1)41-25-13-14-26-42(41)39-29-31-44-43-27-15-16-28-46(43)55(48(44)34-39)47-32-30-40(33-45(47)36-19-7-2-8-20-36)51-53-49(37-21-9-3-10-22-37)52-50(54-51)38-23-11-4-12-24-38/h1-34H. The summed E-state index contributed by atoms with van der Waals surface area (Å²) in [5.41, 5.74) is 13.1. The van der Waals surface area contributed by atoms with E-state index in [1.807, 2.05) is 60.7 Å². The molecular formula is C51H34N4. The lowest BCUT2D eigenvalue weighted by Crippen LogP contribution is -2.02. The van der Waals surface area contributed by atoms with Crippen molar-refractivity contribution in [3.63, 3.8) is 0 Å². The predicted molar refractivity (Wildman–Crippen MR) is 227 cm³/mol. The average molecular weight is 703 g/mol. The summed E-state index contributed by atoms with van der Waals surface area (Å²) in [6, 6.07) is 72.4. The van der Waals surface area contributed by atoms with Gasteiger partial charge < -0.3 is 4.57 Å². The number of benzene rings is 8. The molecule has 0 N–H and O–H groups in total. The SMILES string of the molecule is c1ccc(-c2nc(-c3ccccc3)nc(-c3ccc(-n4c5ccccc5c5ccc(-c6ccccc6-c6ccccc6)cc54)c(-c4ccccc4)c3)n2)cc1. The third-order valence-corrected chi connectivity index (χ3v) is 10.3.